The van der Waals surface area contributed by atoms with Crippen molar-refractivity contribution in [2.24, 2.45) is 0 Å². The van der Waals surface area contributed by atoms with Crippen LogP contribution in [0.4, 0.5) is 22.7 Å². The smallest absolute Gasteiger partial charge is 0.221 e. The number of hydrogen-bond acceptors (Lipinski definition) is 16. The van der Waals surface area contributed by atoms with Crippen LogP contribution in [0.1, 0.15) is 13.8 Å². The second-order valence-electron chi connectivity index (χ2n) is 9.23. The molecule has 46 heavy (non-hydrogen) atoms. The fraction of sp³-hybridized carbons (Fsp3) is 0.0714. The predicted octanol–water partition coefficient (Wildman–Crippen LogP) is 1.86. The summed E-state index contributed by atoms with van der Waals surface area (Å²) < 4.78 is 0. The van der Waals surface area contributed by atoms with Gasteiger partial charge in [0, 0.05) is 60.9 Å². The monoisotopic (exact) mass is 616 g/mol. The van der Waals surface area contributed by atoms with Crippen LogP contribution in [0.5, 0.6) is 0 Å². The Kier molecular flexibility index (Phi) is 9.27. The lowest BCUT2D eigenvalue weighted by molar-refractivity contribution is -0.115. The van der Waals surface area contributed by atoms with Crippen LogP contribution >= 0.6 is 0 Å². The molecule has 6 N–H and O–H groups in total. The minimum absolute atomic E-state index is 0.232. The second kappa shape index (κ2) is 14.0. The van der Waals surface area contributed by atoms with Gasteiger partial charge in [0.1, 0.15) is 0 Å². The van der Waals surface area contributed by atoms with Crippen LogP contribution in [0, 0.1) is 0 Å². The summed E-state index contributed by atoms with van der Waals surface area (Å²) in [4.78, 5) is 38.4. The third kappa shape index (κ3) is 7.32. The SMILES string of the molecule is CC(=O)Nc1cnccc1-c1nnc(-c2ccncc2NC(C)=O)nn1.Nc1cnccc1-c1nnc(-c2ccncc2N)nn1. The average Bonchev–Trinajstić information content (AvgIpc) is 3.06. The molecule has 0 unspecified atom stereocenters. The summed E-state index contributed by atoms with van der Waals surface area (Å²) in [5.41, 5.74) is 15.8. The van der Waals surface area contributed by atoms with Crippen LogP contribution in [0.15, 0.2) is 73.8 Å². The molecule has 6 rings (SSSR count). The minimum Gasteiger partial charge on any atom is -0.397 e. The first-order valence-electron chi connectivity index (χ1n) is 13.3. The molecule has 0 saturated heterocycles. The fourth-order valence-corrected chi connectivity index (χ4v) is 3.87. The highest BCUT2D eigenvalue weighted by Crippen LogP contribution is 2.26. The molecule has 6 aromatic rings. The van der Waals surface area contributed by atoms with Gasteiger partial charge in [-0.2, -0.15) is 0 Å². The highest BCUT2D eigenvalue weighted by molar-refractivity contribution is 5.93. The van der Waals surface area contributed by atoms with Crippen molar-refractivity contribution in [3.05, 3.63) is 73.8 Å². The molecule has 0 spiro atoms. The maximum Gasteiger partial charge on any atom is 0.221 e. The number of amides is 2. The number of anilines is 4. The summed E-state index contributed by atoms with van der Waals surface area (Å²) in [5, 5.41) is 37.7. The van der Waals surface area contributed by atoms with Gasteiger partial charge in [-0.15, -0.1) is 40.8 Å². The molecule has 228 valence electrons. The van der Waals surface area contributed by atoms with Gasteiger partial charge in [0.25, 0.3) is 0 Å². The van der Waals surface area contributed by atoms with Crippen molar-refractivity contribution >= 4 is 34.6 Å². The Hall–Kier alpha value is -6.98. The summed E-state index contributed by atoms with van der Waals surface area (Å²) in [6, 6.07) is 6.71. The predicted molar refractivity (Wildman–Crippen MR) is 166 cm³/mol. The van der Waals surface area contributed by atoms with E-state index in [0.29, 0.717) is 56.7 Å². The highest BCUT2D eigenvalue weighted by atomic mass is 16.2. The molecule has 2 amide bonds. The van der Waals surface area contributed by atoms with Crippen molar-refractivity contribution in [2.45, 2.75) is 13.8 Å². The van der Waals surface area contributed by atoms with Gasteiger partial charge in [-0.1, -0.05) is 0 Å². The van der Waals surface area contributed by atoms with Crippen LogP contribution < -0.4 is 22.1 Å². The lowest BCUT2D eigenvalue weighted by atomic mass is 10.2. The van der Waals surface area contributed by atoms with Gasteiger partial charge in [-0.05, 0) is 24.3 Å². The molecule has 6 heterocycles. The Labute approximate surface area is 260 Å². The number of nitrogens with one attached hydrogen (secondary N) is 2. The maximum atomic E-state index is 11.3. The number of nitrogens with zero attached hydrogens (tertiary/aromatic N) is 12. The van der Waals surface area contributed by atoms with Crippen LogP contribution in [0.25, 0.3) is 45.6 Å². The van der Waals surface area contributed by atoms with Crippen molar-refractivity contribution in [2.75, 3.05) is 22.1 Å². The zero-order valence-corrected chi connectivity index (χ0v) is 24.3. The molecular formula is C28H24N16O2. The normalized spacial score (nSPS) is 10.3. The lowest BCUT2D eigenvalue weighted by Gasteiger charge is -2.09. The van der Waals surface area contributed by atoms with Gasteiger partial charge in [0.15, 0.2) is 0 Å². The van der Waals surface area contributed by atoms with Crippen LogP contribution in [-0.4, -0.2) is 72.5 Å². The third-order valence-electron chi connectivity index (χ3n) is 5.89. The molecule has 0 atom stereocenters. The van der Waals surface area contributed by atoms with E-state index < -0.39 is 0 Å². The molecule has 18 heteroatoms. The molecule has 0 aliphatic heterocycles. The van der Waals surface area contributed by atoms with Gasteiger partial charge >= 0.3 is 0 Å². The van der Waals surface area contributed by atoms with E-state index in [0.717, 1.165) is 0 Å². The van der Waals surface area contributed by atoms with Gasteiger partial charge in [-0.3, -0.25) is 29.5 Å². The quantitative estimate of drug-likeness (QED) is 0.208. The molecule has 18 nitrogen and oxygen atoms in total. The van der Waals surface area contributed by atoms with E-state index in [1.807, 2.05) is 0 Å². The van der Waals surface area contributed by atoms with E-state index in [1.165, 1.54) is 38.6 Å². The summed E-state index contributed by atoms with van der Waals surface area (Å²) in [7, 11) is 0. The largest absolute Gasteiger partial charge is 0.397 e. The topological polar surface area (TPSA) is 265 Å². The molecule has 0 aromatic carbocycles. The molecule has 6 aromatic heterocycles. The van der Waals surface area contributed by atoms with E-state index in [2.05, 4.69) is 71.4 Å². The number of rotatable bonds is 6. The van der Waals surface area contributed by atoms with Crippen molar-refractivity contribution in [1.82, 2.24) is 60.7 Å². The third-order valence-corrected chi connectivity index (χ3v) is 5.89. The first kappa shape index (κ1) is 30.5. The summed E-state index contributed by atoms with van der Waals surface area (Å²) in [6.45, 7) is 2.79. The van der Waals surface area contributed by atoms with Gasteiger partial charge in [0.05, 0.1) is 47.5 Å². The molecule has 0 radical (unpaired) electrons. The van der Waals surface area contributed by atoms with E-state index in [4.69, 9.17) is 11.5 Å². The Balaban J connectivity index is 0.000000187. The van der Waals surface area contributed by atoms with Crippen LogP contribution in [-0.2, 0) is 9.59 Å². The summed E-state index contributed by atoms with van der Waals surface area (Å²) >= 11 is 0. The standard InChI is InChI=1S/C16H14N8O2.C12H10N8/c1-9(25)19-13-7-17-5-3-11(13)15-21-23-16(24-22-15)12-4-6-18-8-14(12)20-10(2)26;13-9-5-15-3-1-7(9)11-17-19-12(20-18-11)8-2-4-16-6-10(8)14/h3-8H,1-2H3,(H,19,25)(H,20,26);1-6H,13-14H2. The minimum atomic E-state index is -0.242. The van der Waals surface area contributed by atoms with E-state index >= 15 is 0 Å². The summed E-state index contributed by atoms with van der Waals surface area (Å²) in [6.07, 6.45) is 12.3. The van der Waals surface area contributed by atoms with Gasteiger partial charge in [-0.25, -0.2) is 0 Å². The number of hydrogen-bond donors (Lipinski definition) is 4. The average molecular weight is 617 g/mol. The Morgan fingerprint density at radius 1 is 0.478 bits per heavy atom. The van der Waals surface area contributed by atoms with E-state index in [9.17, 15) is 9.59 Å². The lowest BCUT2D eigenvalue weighted by Crippen LogP contribution is -2.10. The number of carbonyl (C=O) groups is 2. The van der Waals surface area contributed by atoms with Crippen molar-refractivity contribution in [1.29, 1.82) is 0 Å². The number of nitrogen functional groups attached to an aromatic ring is 2. The fourth-order valence-electron chi connectivity index (χ4n) is 3.87. The Morgan fingerprint density at radius 3 is 1.07 bits per heavy atom. The molecule has 0 saturated carbocycles. The highest BCUT2D eigenvalue weighted by Gasteiger charge is 2.15. The van der Waals surface area contributed by atoms with Gasteiger partial charge < -0.3 is 22.1 Å². The molecule has 0 aliphatic carbocycles. The first-order chi connectivity index (χ1) is 22.3. The number of nitrogens with two attached hydrogens (primary N) is 2. The van der Waals surface area contributed by atoms with Crippen molar-refractivity contribution in [3.63, 3.8) is 0 Å². The van der Waals surface area contributed by atoms with Gasteiger partial charge in [0.2, 0.25) is 35.1 Å². The number of aromatic nitrogens is 12. The second-order valence-corrected chi connectivity index (χ2v) is 9.23. The van der Waals surface area contributed by atoms with E-state index in [-0.39, 0.29) is 23.5 Å². The first-order valence-corrected chi connectivity index (χ1v) is 13.3. The van der Waals surface area contributed by atoms with E-state index in [1.54, 1.807) is 49.1 Å². The van der Waals surface area contributed by atoms with Crippen molar-refractivity contribution in [3.8, 4) is 45.6 Å². The van der Waals surface area contributed by atoms with Crippen molar-refractivity contribution < 1.29 is 9.59 Å². The zero-order valence-electron chi connectivity index (χ0n) is 24.3. The Morgan fingerprint density at radius 2 is 0.761 bits per heavy atom. The molecule has 0 aliphatic rings. The Bertz CT molecular complexity index is 1840. The van der Waals surface area contributed by atoms with Crippen LogP contribution in [0.3, 0.4) is 0 Å². The number of carbonyl (C=O) groups excluding carboxylic acids is 2. The van der Waals surface area contributed by atoms with Crippen LogP contribution in [0.2, 0.25) is 0 Å². The zero-order chi connectivity index (χ0) is 32.5. The molecule has 0 fully saturated rings. The number of pyridine rings is 4. The molecular weight excluding hydrogens is 592 g/mol. The maximum absolute atomic E-state index is 11.3. The molecule has 0 bridgehead atoms. The summed E-state index contributed by atoms with van der Waals surface area (Å²) in [5.74, 6) is 0.648.